The summed E-state index contributed by atoms with van der Waals surface area (Å²) in [5.74, 6) is -1.57. The van der Waals surface area contributed by atoms with E-state index in [1.54, 1.807) is 0 Å². The van der Waals surface area contributed by atoms with Crippen molar-refractivity contribution in [3.05, 3.63) is 33.3 Å². The Morgan fingerprint density at radius 1 is 1.32 bits per heavy atom. The number of halogens is 2. The van der Waals surface area contributed by atoms with Gasteiger partial charge in [0.15, 0.2) is 11.6 Å². The van der Waals surface area contributed by atoms with Gasteiger partial charge in [0.25, 0.3) is 0 Å². The van der Waals surface area contributed by atoms with Crippen LogP contribution >= 0.6 is 23.2 Å². The number of hydrogen-bond donors (Lipinski definition) is 0. The molecule has 0 aliphatic heterocycles. The summed E-state index contributed by atoms with van der Waals surface area (Å²) in [7, 11) is 0. The Bertz CT molecular complexity index is 827. The van der Waals surface area contributed by atoms with Crippen molar-refractivity contribution < 1.29 is 24.2 Å². The molecule has 1 aromatic rings. The summed E-state index contributed by atoms with van der Waals surface area (Å²) >= 11 is 12.6. The summed E-state index contributed by atoms with van der Waals surface area (Å²) in [6.45, 7) is 1.27. The molecule has 1 unspecified atom stereocenters. The molecule has 132 valence electrons. The Kier molecular flexibility index (Phi) is 4.64. The molecular formula is C18H15Cl2O5-. The first-order valence-electron chi connectivity index (χ1n) is 7.96. The van der Waals surface area contributed by atoms with Crippen LogP contribution in [0.25, 0.3) is 5.57 Å². The molecule has 0 saturated carbocycles. The highest BCUT2D eigenvalue weighted by Crippen LogP contribution is 2.57. The summed E-state index contributed by atoms with van der Waals surface area (Å²) < 4.78 is 5.10. The van der Waals surface area contributed by atoms with Crippen LogP contribution in [0.3, 0.4) is 0 Å². The molecule has 0 N–H and O–H groups in total. The van der Waals surface area contributed by atoms with Crippen LogP contribution in [0.1, 0.15) is 48.5 Å². The van der Waals surface area contributed by atoms with Gasteiger partial charge in [0, 0.05) is 17.5 Å². The molecule has 5 nitrogen and oxygen atoms in total. The number of carboxylic acid groups (broad SMARTS) is 1. The molecule has 3 rings (SSSR count). The summed E-state index contributed by atoms with van der Waals surface area (Å²) in [6, 6.07) is 1.41. The fourth-order valence-electron chi connectivity index (χ4n) is 3.73. The first-order valence-corrected chi connectivity index (χ1v) is 8.72. The van der Waals surface area contributed by atoms with E-state index < -0.39 is 18.0 Å². The average Bonchev–Trinajstić information content (AvgIpc) is 2.79. The quantitative estimate of drug-likeness (QED) is 0.782. The second-order valence-corrected chi connectivity index (χ2v) is 7.03. The molecule has 0 radical (unpaired) electrons. The van der Waals surface area contributed by atoms with Gasteiger partial charge in [-0.1, -0.05) is 36.5 Å². The Morgan fingerprint density at radius 2 is 2.04 bits per heavy atom. The number of allylic oxidation sites excluding steroid dienone is 2. The van der Waals surface area contributed by atoms with Gasteiger partial charge in [0.05, 0.1) is 16.4 Å². The van der Waals surface area contributed by atoms with E-state index >= 15 is 0 Å². The van der Waals surface area contributed by atoms with Gasteiger partial charge in [-0.3, -0.25) is 9.59 Å². The number of carbonyl (C=O) groups excluding carboxylic acids is 3. The number of ether oxygens (including phenoxy) is 1. The number of ketones is 2. The molecule has 0 aromatic heterocycles. The predicted octanol–water partition coefficient (Wildman–Crippen LogP) is 2.85. The number of hydrogen-bond acceptors (Lipinski definition) is 5. The summed E-state index contributed by atoms with van der Waals surface area (Å²) in [6.07, 6.45) is 3.60. The number of aliphatic carboxylic acids is 1. The predicted molar refractivity (Wildman–Crippen MR) is 90.9 cm³/mol. The largest absolute Gasteiger partial charge is 0.546 e. The molecule has 2 aliphatic rings. The van der Waals surface area contributed by atoms with Crippen molar-refractivity contribution in [2.75, 3.05) is 6.61 Å². The third kappa shape index (κ3) is 2.75. The van der Waals surface area contributed by atoms with Crippen LogP contribution in [0.5, 0.6) is 5.75 Å². The molecule has 0 spiro atoms. The molecule has 0 amide bonds. The van der Waals surface area contributed by atoms with E-state index in [4.69, 9.17) is 27.9 Å². The second kappa shape index (κ2) is 6.46. The SMILES string of the molecule is CCCC12CCC(=O)C=C1c1c(cc(OCC(=O)[O-])c(Cl)c1Cl)C2=O. The molecule has 1 aromatic carbocycles. The van der Waals surface area contributed by atoms with Gasteiger partial charge < -0.3 is 14.6 Å². The van der Waals surface area contributed by atoms with Crippen molar-refractivity contribution >= 4 is 46.3 Å². The summed E-state index contributed by atoms with van der Waals surface area (Å²) in [5, 5.41) is 10.7. The topological polar surface area (TPSA) is 83.5 Å². The van der Waals surface area contributed by atoms with Crippen molar-refractivity contribution in [1.82, 2.24) is 0 Å². The van der Waals surface area contributed by atoms with Crippen LogP contribution in [0.2, 0.25) is 10.0 Å². The maximum Gasteiger partial charge on any atom is 0.174 e. The standard InChI is InChI=1S/C18H16Cl2O5/c1-2-4-18-5-3-9(21)6-11(18)14-10(17(18)24)7-12(15(19)16(14)20)25-8-13(22)23/h6-7H,2-5,8H2,1H3,(H,22,23)/p-1. The number of carboxylic acids is 1. The number of fused-ring (bicyclic) bond motifs is 3. The summed E-state index contributed by atoms with van der Waals surface area (Å²) in [4.78, 5) is 35.7. The van der Waals surface area contributed by atoms with Crippen LogP contribution in [0, 0.1) is 5.41 Å². The minimum atomic E-state index is -1.41. The fourth-order valence-corrected chi connectivity index (χ4v) is 4.23. The zero-order valence-corrected chi connectivity index (χ0v) is 15.0. The number of benzene rings is 1. The lowest BCUT2D eigenvalue weighted by molar-refractivity contribution is -0.307. The van der Waals surface area contributed by atoms with Crippen LogP contribution < -0.4 is 9.84 Å². The summed E-state index contributed by atoms with van der Waals surface area (Å²) in [5.41, 5.74) is 0.616. The highest BCUT2D eigenvalue weighted by molar-refractivity contribution is 6.45. The molecule has 25 heavy (non-hydrogen) atoms. The molecule has 1 atom stereocenters. The van der Waals surface area contributed by atoms with Gasteiger partial charge in [-0.05, 0) is 30.6 Å². The van der Waals surface area contributed by atoms with Gasteiger partial charge in [-0.2, -0.15) is 0 Å². The Morgan fingerprint density at radius 3 is 2.68 bits per heavy atom. The van der Waals surface area contributed by atoms with Gasteiger partial charge in [0.2, 0.25) is 0 Å². The molecule has 0 heterocycles. The fraction of sp³-hybridized carbons (Fsp3) is 0.389. The lowest BCUT2D eigenvalue weighted by Crippen LogP contribution is -2.31. The Balaban J connectivity index is 2.19. The highest BCUT2D eigenvalue weighted by atomic mass is 35.5. The van der Waals surface area contributed by atoms with Crippen molar-refractivity contribution in [3.8, 4) is 5.75 Å². The van der Waals surface area contributed by atoms with E-state index in [1.165, 1.54) is 12.1 Å². The van der Waals surface area contributed by atoms with Crippen molar-refractivity contribution in [1.29, 1.82) is 0 Å². The lowest BCUT2D eigenvalue weighted by atomic mass is 9.69. The van der Waals surface area contributed by atoms with Crippen molar-refractivity contribution in [3.63, 3.8) is 0 Å². The van der Waals surface area contributed by atoms with E-state index in [1.807, 2.05) is 6.92 Å². The lowest BCUT2D eigenvalue weighted by Gasteiger charge is -2.31. The maximum atomic E-state index is 13.2. The normalized spacial score (nSPS) is 21.6. The number of rotatable bonds is 5. The molecule has 7 heteroatoms. The van der Waals surface area contributed by atoms with Crippen LogP contribution in [0.4, 0.5) is 0 Å². The highest BCUT2D eigenvalue weighted by Gasteiger charge is 2.51. The average molecular weight is 382 g/mol. The smallest absolute Gasteiger partial charge is 0.174 e. The van der Waals surface area contributed by atoms with E-state index in [0.29, 0.717) is 36.0 Å². The molecular weight excluding hydrogens is 367 g/mol. The second-order valence-electron chi connectivity index (χ2n) is 6.27. The van der Waals surface area contributed by atoms with Gasteiger partial charge in [0.1, 0.15) is 17.4 Å². The molecule has 0 fully saturated rings. The maximum absolute atomic E-state index is 13.2. The third-order valence-electron chi connectivity index (χ3n) is 4.76. The monoisotopic (exact) mass is 381 g/mol. The minimum absolute atomic E-state index is 0.0141. The van der Waals surface area contributed by atoms with Gasteiger partial charge in [-0.25, -0.2) is 0 Å². The number of Topliss-reactive ketones (excluding diaryl/α,β-unsaturated/α-hetero) is 1. The first-order chi connectivity index (χ1) is 11.8. The van der Waals surface area contributed by atoms with E-state index in [2.05, 4.69) is 0 Å². The van der Waals surface area contributed by atoms with Crippen LogP contribution in [0.15, 0.2) is 12.1 Å². The van der Waals surface area contributed by atoms with Crippen molar-refractivity contribution in [2.45, 2.75) is 32.6 Å². The molecule has 2 aliphatic carbocycles. The Hall–Kier alpha value is -1.85. The minimum Gasteiger partial charge on any atom is -0.546 e. The van der Waals surface area contributed by atoms with E-state index in [-0.39, 0.29) is 27.4 Å². The van der Waals surface area contributed by atoms with E-state index in [0.717, 1.165) is 6.42 Å². The van der Waals surface area contributed by atoms with Crippen molar-refractivity contribution in [2.24, 2.45) is 5.41 Å². The van der Waals surface area contributed by atoms with Crippen LogP contribution in [-0.2, 0) is 9.59 Å². The zero-order chi connectivity index (χ0) is 18.4. The Labute approximate surface area is 154 Å². The van der Waals surface area contributed by atoms with E-state index in [9.17, 15) is 19.5 Å². The zero-order valence-electron chi connectivity index (χ0n) is 13.5. The van der Waals surface area contributed by atoms with Gasteiger partial charge >= 0.3 is 0 Å². The van der Waals surface area contributed by atoms with Gasteiger partial charge in [-0.15, -0.1) is 0 Å². The molecule has 0 bridgehead atoms. The third-order valence-corrected chi connectivity index (χ3v) is 5.61. The number of carbonyl (C=O) groups is 3. The van der Waals surface area contributed by atoms with Crippen LogP contribution in [-0.4, -0.2) is 24.1 Å². The molecule has 0 saturated heterocycles. The first kappa shape index (κ1) is 18.0.